The molecule has 18 heavy (non-hydrogen) atoms. The molecule has 1 aliphatic heterocycles. The van der Waals surface area contributed by atoms with Gasteiger partial charge in [-0.2, -0.15) is 0 Å². The van der Waals surface area contributed by atoms with Gasteiger partial charge in [-0.05, 0) is 25.3 Å². The van der Waals surface area contributed by atoms with E-state index in [1.807, 2.05) is 6.26 Å². The van der Waals surface area contributed by atoms with Gasteiger partial charge in [0.25, 0.3) is 0 Å². The Bertz CT molecular complexity index is 366. The topological polar surface area (TPSA) is 37.6 Å². The number of rotatable bonds is 5. The van der Waals surface area contributed by atoms with Crippen LogP contribution >= 0.6 is 0 Å². The van der Waals surface area contributed by atoms with Crippen molar-refractivity contribution in [2.75, 3.05) is 26.3 Å². The van der Waals surface area contributed by atoms with Gasteiger partial charge < -0.3 is 14.5 Å². The summed E-state index contributed by atoms with van der Waals surface area (Å²) in [6.07, 6.45) is 5.67. The summed E-state index contributed by atoms with van der Waals surface area (Å²) in [6, 6.07) is 2.94. The predicted octanol–water partition coefficient (Wildman–Crippen LogP) is 1.75. The fraction of sp³-hybridized carbons (Fsp3) is 0.714. The zero-order chi connectivity index (χ0) is 12.2. The number of hydrogen-bond acceptors (Lipinski definition) is 4. The van der Waals surface area contributed by atoms with Crippen LogP contribution in [0.2, 0.25) is 0 Å². The third-order valence-electron chi connectivity index (χ3n) is 3.57. The molecule has 0 bridgehead atoms. The summed E-state index contributed by atoms with van der Waals surface area (Å²) in [6.45, 7) is 5.71. The molecule has 1 saturated heterocycles. The molecule has 4 heteroatoms. The molecule has 0 radical (unpaired) electrons. The number of furan rings is 1. The quantitative estimate of drug-likeness (QED) is 0.864. The van der Waals surface area contributed by atoms with Crippen molar-refractivity contribution in [3.05, 3.63) is 23.7 Å². The van der Waals surface area contributed by atoms with E-state index < -0.39 is 0 Å². The molecular formula is C14H22N2O2. The molecule has 3 rings (SSSR count). The summed E-state index contributed by atoms with van der Waals surface area (Å²) in [7, 11) is 0. The van der Waals surface area contributed by atoms with Crippen molar-refractivity contribution in [2.45, 2.75) is 38.4 Å². The van der Waals surface area contributed by atoms with Gasteiger partial charge in [0.2, 0.25) is 0 Å². The molecule has 1 saturated carbocycles. The Morgan fingerprint density at radius 2 is 2.22 bits per heavy atom. The van der Waals surface area contributed by atoms with Crippen LogP contribution in [0, 0.1) is 0 Å². The van der Waals surface area contributed by atoms with Crippen molar-refractivity contribution in [2.24, 2.45) is 0 Å². The molecule has 2 fully saturated rings. The van der Waals surface area contributed by atoms with E-state index in [0.717, 1.165) is 57.6 Å². The SMILES string of the molecule is c1oc(CN2CCCOCC2)cc1CNC1CC1. The van der Waals surface area contributed by atoms with Gasteiger partial charge >= 0.3 is 0 Å². The van der Waals surface area contributed by atoms with E-state index in [2.05, 4.69) is 16.3 Å². The monoisotopic (exact) mass is 250 g/mol. The van der Waals surface area contributed by atoms with Crippen LogP contribution in [0.25, 0.3) is 0 Å². The lowest BCUT2D eigenvalue weighted by Gasteiger charge is -2.16. The Labute approximate surface area is 108 Å². The Hall–Kier alpha value is -0.840. The van der Waals surface area contributed by atoms with Crippen molar-refractivity contribution >= 4 is 0 Å². The Balaban J connectivity index is 1.48. The zero-order valence-electron chi connectivity index (χ0n) is 10.9. The maximum absolute atomic E-state index is 5.64. The molecular weight excluding hydrogens is 228 g/mol. The van der Waals surface area contributed by atoms with Crippen LogP contribution in [0.15, 0.2) is 16.7 Å². The Morgan fingerprint density at radius 3 is 3.11 bits per heavy atom. The van der Waals surface area contributed by atoms with Crippen LogP contribution in [0.1, 0.15) is 30.6 Å². The summed E-state index contributed by atoms with van der Waals surface area (Å²) < 4.78 is 11.1. The summed E-state index contributed by atoms with van der Waals surface area (Å²) in [4.78, 5) is 2.41. The smallest absolute Gasteiger partial charge is 0.118 e. The average Bonchev–Trinajstić information content (AvgIpc) is 3.14. The highest BCUT2D eigenvalue weighted by Crippen LogP contribution is 2.20. The summed E-state index contributed by atoms with van der Waals surface area (Å²) in [5.74, 6) is 1.07. The highest BCUT2D eigenvalue weighted by atomic mass is 16.5. The van der Waals surface area contributed by atoms with E-state index >= 15 is 0 Å². The van der Waals surface area contributed by atoms with Gasteiger partial charge in [0, 0.05) is 37.8 Å². The molecule has 1 aromatic heterocycles. The highest BCUT2D eigenvalue weighted by Gasteiger charge is 2.20. The summed E-state index contributed by atoms with van der Waals surface area (Å²) >= 11 is 0. The molecule has 0 spiro atoms. The van der Waals surface area contributed by atoms with Crippen LogP contribution in [0.3, 0.4) is 0 Å². The standard InChI is InChI=1S/C14H22N2O2/c1-4-16(5-7-17-6-1)10-14-8-12(11-18-14)9-15-13-2-3-13/h8,11,13,15H,1-7,9-10H2. The first-order chi connectivity index (χ1) is 8.90. The van der Waals surface area contributed by atoms with Crippen LogP contribution in [-0.4, -0.2) is 37.2 Å². The van der Waals surface area contributed by atoms with Crippen molar-refractivity contribution in [3.8, 4) is 0 Å². The Kier molecular flexibility index (Phi) is 3.98. The average molecular weight is 250 g/mol. The molecule has 0 atom stereocenters. The van der Waals surface area contributed by atoms with Crippen molar-refractivity contribution in [3.63, 3.8) is 0 Å². The molecule has 2 aliphatic rings. The third-order valence-corrected chi connectivity index (χ3v) is 3.57. The summed E-state index contributed by atoms with van der Waals surface area (Å²) in [5, 5.41) is 3.51. The van der Waals surface area contributed by atoms with E-state index in [-0.39, 0.29) is 0 Å². The van der Waals surface area contributed by atoms with Gasteiger partial charge in [-0.25, -0.2) is 0 Å². The second-order valence-corrected chi connectivity index (χ2v) is 5.32. The van der Waals surface area contributed by atoms with Crippen molar-refractivity contribution < 1.29 is 9.15 Å². The van der Waals surface area contributed by atoms with E-state index in [0.29, 0.717) is 0 Å². The van der Waals surface area contributed by atoms with Gasteiger partial charge in [-0.15, -0.1) is 0 Å². The van der Waals surface area contributed by atoms with Gasteiger partial charge in [0.1, 0.15) is 5.76 Å². The lowest BCUT2D eigenvalue weighted by Crippen LogP contribution is -2.25. The minimum absolute atomic E-state index is 0.756. The molecule has 1 aliphatic carbocycles. The molecule has 0 unspecified atom stereocenters. The van der Waals surface area contributed by atoms with E-state index in [9.17, 15) is 0 Å². The minimum Gasteiger partial charge on any atom is -0.468 e. The lowest BCUT2D eigenvalue weighted by atomic mass is 10.3. The van der Waals surface area contributed by atoms with Gasteiger partial charge in [-0.3, -0.25) is 4.90 Å². The molecule has 4 nitrogen and oxygen atoms in total. The van der Waals surface area contributed by atoms with Gasteiger partial charge in [0.05, 0.1) is 19.4 Å². The zero-order valence-corrected chi connectivity index (χ0v) is 10.9. The van der Waals surface area contributed by atoms with Crippen LogP contribution < -0.4 is 5.32 Å². The van der Waals surface area contributed by atoms with Crippen LogP contribution in [-0.2, 0) is 17.8 Å². The van der Waals surface area contributed by atoms with E-state index in [1.54, 1.807) is 0 Å². The lowest BCUT2D eigenvalue weighted by molar-refractivity contribution is 0.139. The molecule has 1 aromatic rings. The first-order valence-corrected chi connectivity index (χ1v) is 7.00. The second kappa shape index (κ2) is 5.87. The number of nitrogens with one attached hydrogen (secondary N) is 1. The highest BCUT2D eigenvalue weighted by molar-refractivity contribution is 5.13. The fourth-order valence-corrected chi connectivity index (χ4v) is 2.33. The third kappa shape index (κ3) is 3.57. The minimum atomic E-state index is 0.756. The maximum Gasteiger partial charge on any atom is 0.118 e. The van der Waals surface area contributed by atoms with E-state index in [4.69, 9.17) is 9.15 Å². The molecule has 2 heterocycles. The normalized spacial score (nSPS) is 22.0. The molecule has 100 valence electrons. The van der Waals surface area contributed by atoms with Crippen LogP contribution in [0.4, 0.5) is 0 Å². The molecule has 0 amide bonds. The second-order valence-electron chi connectivity index (χ2n) is 5.32. The van der Waals surface area contributed by atoms with Crippen LogP contribution in [0.5, 0.6) is 0 Å². The van der Waals surface area contributed by atoms with Crippen molar-refractivity contribution in [1.82, 2.24) is 10.2 Å². The number of nitrogens with zero attached hydrogens (tertiary/aromatic N) is 1. The predicted molar refractivity (Wildman–Crippen MR) is 69.3 cm³/mol. The first-order valence-electron chi connectivity index (χ1n) is 7.00. The molecule has 0 aromatic carbocycles. The van der Waals surface area contributed by atoms with Gasteiger partial charge in [-0.1, -0.05) is 0 Å². The first kappa shape index (κ1) is 12.2. The van der Waals surface area contributed by atoms with Gasteiger partial charge in [0.15, 0.2) is 0 Å². The summed E-state index contributed by atoms with van der Waals surface area (Å²) in [5.41, 5.74) is 1.27. The largest absolute Gasteiger partial charge is 0.468 e. The fourth-order valence-electron chi connectivity index (χ4n) is 2.33. The maximum atomic E-state index is 5.64. The molecule has 1 N–H and O–H groups in total. The number of ether oxygens (including phenoxy) is 1. The van der Waals surface area contributed by atoms with Crippen molar-refractivity contribution in [1.29, 1.82) is 0 Å². The van der Waals surface area contributed by atoms with E-state index in [1.165, 1.54) is 18.4 Å². The number of hydrogen-bond donors (Lipinski definition) is 1. The Morgan fingerprint density at radius 1 is 1.28 bits per heavy atom.